The van der Waals surface area contributed by atoms with Gasteiger partial charge in [0, 0.05) is 65.1 Å². The molecule has 17 heteroatoms. The van der Waals surface area contributed by atoms with Gasteiger partial charge in [0.2, 0.25) is 5.79 Å². The van der Waals surface area contributed by atoms with E-state index in [0.29, 0.717) is 69.8 Å². The molecule has 0 aromatic carbocycles. The second kappa shape index (κ2) is 28.1. The van der Waals surface area contributed by atoms with Gasteiger partial charge < -0.3 is 47.8 Å². The molecule has 3 aliphatic heterocycles. The number of fused-ring (bicyclic) bond motifs is 3. The molecule has 0 spiro atoms. The first-order valence-corrected chi connectivity index (χ1v) is 28.3. The van der Waals surface area contributed by atoms with E-state index in [1.54, 1.807) is 54.9 Å². The Morgan fingerprint density at radius 3 is 2.21 bits per heavy atom. The summed E-state index contributed by atoms with van der Waals surface area (Å²) < 4.78 is 54.6. The van der Waals surface area contributed by atoms with Gasteiger partial charge in [0.25, 0.3) is 11.7 Å². The Labute approximate surface area is 429 Å². The molecule has 408 valence electrons. The van der Waals surface area contributed by atoms with Crippen LogP contribution in [0.25, 0.3) is 0 Å². The minimum atomic E-state index is -3.37. The smallest absolute Gasteiger partial charge is 0.329 e. The maximum Gasteiger partial charge on any atom is 0.329 e. The number of esters is 1. The number of piperidine rings is 1. The molecule has 0 aromatic heterocycles. The van der Waals surface area contributed by atoms with Crippen molar-refractivity contribution in [1.29, 1.82) is 0 Å². The van der Waals surface area contributed by atoms with Crippen molar-refractivity contribution >= 4 is 36.8 Å². The Hall–Kier alpha value is -3.18. The lowest BCUT2D eigenvalue weighted by Crippen LogP contribution is -2.61. The zero-order valence-electron chi connectivity index (χ0n) is 45.4. The number of amides is 1. The van der Waals surface area contributed by atoms with Gasteiger partial charge in [-0.25, -0.2) is 4.79 Å². The minimum Gasteiger partial charge on any atom is -0.460 e. The summed E-state index contributed by atoms with van der Waals surface area (Å²) in [4.78, 5) is 72.5. The van der Waals surface area contributed by atoms with Crippen molar-refractivity contribution in [3.8, 4) is 0 Å². The fourth-order valence-corrected chi connectivity index (χ4v) is 12.4. The van der Waals surface area contributed by atoms with Gasteiger partial charge in [-0.3, -0.25) is 23.7 Å². The third kappa shape index (κ3) is 16.9. The molecule has 16 nitrogen and oxygen atoms in total. The highest BCUT2D eigenvalue weighted by Crippen LogP contribution is 2.49. The molecule has 0 aromatic rings. The molecular weight excluding hydrogens is 946 g/mol. The molecule has 4 rings (SSSR count). The number of aliphatic hydroxyl groups is 2. The summed E-state index contributed by atoms with van der Waals surface area (Å²) in [6.07, 6.45) is 10.5. The van der Waals surface area contributed by atoms with Gasteiger partial charge >= 0.3 is 13.6 Å². The van der Waals surface area contributed by atoms with E-state index in [1.165, 1.54) is 18.7 Å². The van der Waals surface area contributed by atoms with Crippen LogP contribution in [0.15, 0.2) is 47.6 Å². The van der Waals surface area contributed by atoms with Gasteiger partial charge in [0.05, 0.1) is 30.5 Å². The number of allylic oxidation sites excluding steroid dienone is 6. The van der Waals surface area contributed by atoms with E-state index in [-0.39, 0.29) is 48.9 Å². The first-order chi connectivity index (χ1) is 33.9. The molecule has 4 aliphatic rings. The van der Waals surface area contributed by atoms with E-state index in [0.717, 1.165) is 5.57 Å². The van der Waals surface area contributed by atoms with Gasteiger partial charge in [-0.1, -0.05) is 71.1 Å². The summed E-state index contributed by atoms with van der Waals surface area (Å²) in [7, 11) is 1.15. The third-order valence-electron chi connectivity index (χ3n) is 15.2. The summed E-state index contributed by atoms with van der Waals surface area (Å²) in [6, 6.07) is -1.17. The number of hydrogen-bond donors (Lipinski definition) is 2. The molecule has 2 saturated heterocycles. The molecule has 1 amide bonds. The Bertz CT molecular complexity index is 2020. The summed E-state index contributed by atoms with van der Waals surface area (Å²) >= 11 is 0. The van der Waals surface area contributed by atoms with Crippen LogP contribution in [0.3, 0.4) is 0 Å². The number of nitrogens with zero attached hydrogens (tertiary/aromatic N) is 1. The van der Waals surface area contributed by atoms with Crippen LogP contribution in [0, 0.1) is 35.5 Å². The number of cyclic esters (lactones) is 1. The van der Waals surface area contributed by atoms with Crippen LogP contribution in [0.5, 0.6) is 0 Å². The third-order valence-corrected chi connectivity index (χ3v) is 16.6. The number of aliphatic hydroxyl groups excluding tert-OH is 1. The van der Waals surface area contributed by atoms with E-state index in [2.05, 4.69) is 0 Å². The van der Waals surface area contributed by atoms with Crippen LogP contribution in [0.1, 0.15) is 139 Å². The van der Waals surface area contributed by atoms with Gasteiger partial charge in [-0.05, 0) is 121 Å². The van der Waals surface area contributed by atoms with Crippen molar-refractivity contribution in [1.82, 2.24) is 4.90 Å². The molecule has 72 heavy (non-hydrogen) atoms. The van der Waals surface area contributed by atoms with E-state index >= 15 is 0 Å². The van der Waals surface area contributed by atoms with Crippen molar-refractivity contribution < 1.29 is 71.5 Å². The van der Waals surface area contributed by atoms with Crippen molar-refractivity contribution in [2.75, 3.05) is 34.5 Å². The monoisotopic (exact) mass is 1030 g/mol. The van der Waals surface area contributed by atoms with Crippen LogP contribution in [0.4, 0.5) is 0 Å². The number of methoxy groups -OCH3 is 3. The fourth-order valence-electron chi connectivity index (χ4n) is 10.9. The lowest BCUT2D eigenvalue weighted by Gasteiger charge is -2.42. The predicted molar refractivity (Wildman–Crippen MR) is 274 cm³/mol. The molecule has 4 unspecified atom stereocenters. The van der Waals surface area contributed by atoms with Gasteiger partial charge in [-0.2, -0.15) is 0 Å². The molecule has 16 atom stereocenters. The number of ketones is 3. The van der Waals surface area contributed by atoms with Crippen molar-refractivity contribution in [3.05, 3.63) is 47.6 Å². The SMILES string of the molecule is CO[C@H]1C[C@@H]2CCC(C)C(O)(O2)C(=O)C(=O)N2CCCCC2C(=O)O[C@H]([C@H](C)C[C@@H]2CC[C@@H](OP(C)(=O)OC(C)C)[C@H](OC)C2)CC(=O)[C@H](C)/C=C(\C)[C@@H](O)[C@@H](OC)C(=O)[C@H](C)C[C@H](C)/C=C/C=CC=C1C. The maximum atomic E-state index is 14.5. The first-order valence-electron chi connectivity index (χ1n) is 26.3. The van der Waals surface area contributed by atoms with Crippen LogP contribution in [-0.4, -0.2) is 140 Å². The highest BCUT2D eigenvalue weighted by atomic mass is 31.2. The van der Waals surface area contributed by atoms with Crippen LogP contribution >= 0.6 is 7.60 Å². The average Bonchev–Trinajstić information content (AvgIpc) is 3.32. The lowest BCUT2D eigenvalue weighted by molar-refractivity contribution is -0.265. The van der Waals surface area contributed by atoms with E-state index in [4.69, 9.17) is 32.7 Å². The normalized spacial score (nSPS) is 37.5. The highest BCUT2D eigenvalue weighted by molar-refractivity contribution is 7.53. The van der Waals surface area contributed by atoms with E-state index in [1.807, 2.05) is 58.1 Å². The molecule has 3 fully saturated rings. The predicted octanol–water partition coefficient (Wildman–Crippen LogP) is 8.45. The van der Waals surface area contributed by atoms with Crippen molar-refractivity contribution in [3.63, 3.8) is 0 Å². The zero-order chi connectivity index (χ0) is 53.7. The number of Topliss-reactive ketones (excluding diaryl/α,β-unsaturated/α-hetero) is 3. The Morgan fingerprint density at radius 2 is 1.56 bits per heavy atom. The molecule has 2 bridgehead atoms. The van der Waals surface area contributed by atoms with Gasteiger partial charge in [-0.15, -0.1) is 0 Å². The topological polar surface area (TPSA) is 211 Å². The van der Waals surface area contributed by atoms with E-state index < -0.39 is 103 Å². The van der Waals surface area contributed by atoms with E-state index in [9.17, 15) is 38.8 Å². The second-order valence-corrected chi connectivity index (χ2v) is 23.6. The summed E-state index contributed by atoms with van der Waals surface area (Å²) in [6.45, 7) is 17.7. The largest absolute Gasteiger partial charge is 0.460 e. The van der Waals surface area contributed by atoms with Gasteiger partial charge in [0.15, 0.2) is 5.78 Å². The standard InChI is InChI=1S/C55H88NO15P/c1-33(2)70-72(13,64)71-45-25-23-41(30-48(45)66-11)29-37(6)47-32-44(57)36(5)28-39(8)50(59)51(67-12)49(58)38(7)27-34(3)19-15-14-16-20-35(4)46(65-10)31-42-24-22-40(9)55(63,69-42)52(60)53(61)56-26-18-17-21-43(56)54(62)68-47/h14-16,19-20,28,33-34,36-38,40-43,45-48,50-51,59,63H,17-18,21-27,29-32H2,1-13H3/b16-14?,19-15+,35-20?,39-28+/t34-,36-,37-,38-,40?,41+,42+,43?,45-,46+,47+,48-,50-,51+,55?,72?/m1/s1. The van der Waals surface area contributed by atoms with Crippen molar-refractivity contribution in [2.24, 2.45) is 35.5 Å². The number of ether oxygens (including phenoxy) is 5. The Balaban J connectivity index is 1.70. The second-order valence-electron chi connectivity index (χ2n) is 21.6. The Kier molecular flexibility index (Phi) is 23.9. The average molecular weight is 1030 g/mol. The number of hydrogen-bond acceptors (Lipinski definition) is 15. The van der Waals surface area contributed by atoms with Gasteiger partial charge in [0.1, 0.15) is 30.1 Å². The quantitative estimate of drug-likeness (QED) is 0.0910. The minimum absolute atomic E-state index is 0.00576. The molecule has 3 heterocycles. The number of rotatable bonds is 10. The molecule has 1 aliphatic carbocycles. The van der Waals surface area contributed by atoms with Crippen LogP contribution in [0.2, 0.25) is 0 Å². The summed E-state index contributed by atoms with van der Waals surface area (Å²) in [5, 5.41) is 23.5. The molecule has 1 saturated carbocycles. The summed E-state index contributed by atoms with van der Waals surface area (Å²) in [5.74, 6) is -8.28. The molecular formula is C55H88NO15P. The number of carbonyl (C=O) groups excluding carboxylic acids is 5. The molecule has 0 radical (unpaired) electrons. The van der Waals surface area contributed by atoms with Crippen molar-refractivity contribution in [2.45, 2.75) is 200 Å². The maximum absolute atomic E-state index is 14.5. The Morgan fingerprint density at radius 1 is 0.847 bits per heavy atom. The fraction of sp³-hybridized carbons (Fsp3) is 0.764. The van der Waals surface area contributed by atoms with Crippen LogP contribution in [-0.2, 0) is 61.3 Å². The number of carbonyl (C=O) groups is 5. The molecule has 2 N–H and O–H groups in total. The summed E-state index contributed by atoms with van der Waals surface area (Å²) in [5.41, 5.74) is 1.24. The zero-order valence-corrected chi connectivity index (χ0v) is 46.3. The van der Waals surface area contributed by atoms with Crippen LogP contribution < -0.4 is 0 Å². The highest BCUT2D eigenvalue weighted by Gasteiger charge is 2.53. The lowest BCUT2D eigenvalue weighted by atomic mass is 9.78. The first kappa shape index (κ1) is 61.4.